The van der Waals surface area contributed by atoms with Gasteiger partial charge >= 0.3 is 30.4 Å². The first-order chi connectivity index (χ1) is 21.1. The molecule has 0 saturated heterocycles. The SMILES string of the molecule is C=C(C)c1ccc(C)cc1-c1c(OP(=O)(CP(=O)(OC)OC)OC)cc(CCCCC)cc1OP(=O)(CP(=O)(OC)OC)OC. The maximum atomic E-state index is 14.1. The van der Waals surface area contributed by atoms with Crippen molar-refractivity contribution in [2.75, 3.05) is 54.5 Å². The van der Waals surface area contributed by atoms with Gasteiger partial charge < -0.3 is 36.2 Å². The Bertz CT molecular complexity index is 1430. The largest absolute Gasteiger partial charge is 0.423 e. The fraction of sp³-hybridized carbons (Fsp3) is 0.517. The van der Waals surface area contributed by atoms with E-state index in [-0.39, 0.29) is 17.1 Å². The standard InChI is InChI=1S/C29H46O12P4/c1-11-12-13-14-24-18-27(40-44(32,38-9)20-42(30,34-5)35-6)29(26-17-23(4)15-16-25(26)22(2)3)28(19-24)41-45(33,39-10)21-43(31,36-7)37-8/h15-19H,2,11-14,20-21H2,1,3-10H3. The molecular weight excluding hydrogens is 664 g/mol. The maximum Gasteiger partial charge on any atom is 0.391 e. The second kappa shape index (κ2) is 17.0. The number of aryl methyl sites for hydroxylation is 2. The number of hydrogen-bond acceptors (Lipinski definition) is 12. The number of rotatable bonds is 20. The third-order valence-electron chi connectivity index (χ3n) is 6.94. The third-order valence-corrected chi connectivity index (χ3v) is 16.8. The first kappa shape index (κ1) is 39.6. The number of unbranched alkanes of at least 4 members (excludes halogenated alkanes) is 2. The Morgan fingerprint density at radius 3 is 1.51 bits per heavy atom. The topological polar surface area (TPSA) is 142 Å². The van der Waals surface area contributed by atoms with E-state index in [4.69, 9.17) is 36.2 Å². The van der Waals surface area contributed by atoms with Crippen molar-refractivity contribution in [2.45, 2.75) is 46.5 Å². The molecule has 254 valence electrons. The fourth-order valence-corrected chi connectivity index (χ4v) is 12.3. The molecule has 2 unspecified atom stereocenters. The summed E-state index contributed by atoms with van der Waals surface area (Å²) in [5, 5.41) is 0. The lowest BCUT2D eigenvalue weighted by Crippen LogP contribution is -2.08. The van der Waals surface area contributed by atoms with Crippen LogP contribution >= 0.6 is 30.4 Å². The molecule has 16 heteroatoms. The van der Waals surface area contributed by atoms with E-state index in [0.29, 0.717) is 28.7 Å². The lowest BCUT2D eigenvalue weighted by Gasteiger charge is -2.27. The molecule has 0 spiro atoms. The fourth-order valence-electron chi connectivity index (χ4n) is 4.37. The normalized spacial score (nSPS) is 14.9. The molecule has 0 N–H and O–H groups in total. The molecule has 2 aromatic rings. The van der Waals surface area contributed by atoms with E-state index < -0.39 is 42.2 Å². The molecule has 0 aromatic heterocycles. The summed E-state index contributed by atoms with van der Waals surface area (Å²) >= 11 is 0. The minimum Gasteiger partial charge on any atom is -0.423 e. The van der Waals surface area contributed by atoms with Crippen molar-refractivity contribution in [3.05, 3.63) is 53.6 Å². The second-order valence-electron chi connectivity index (χ2n) is 10.3. The summed E-state index contributed by atoms with van der Waals surface area (Å²) < 4.78 is 97.3. The Hall–Kier alpha value is -1.54. The number of benzene rings is 2. The highest BCUT2D eigenvalue weighted by atomic mass is 31.2. The van der Waals surface area contributed by atoms with Gasteiger partial charge in [0.25, 0.3) is 0 Å². The third kappa shape index (κ3) is 10.7. The zero-order valence-electron chi connectivity index (χ0n) is 27.5. The molecule has 0 amide bonds. The van der Waals surface area contributed by atoms with Crippen LogP contribution in [0.1, 0.15) is 49.8 Å². The van der Waals surface area contributed by atoms with Gasteiger partial charge in [-0.1, -0.05) is 55.7 Å². The van der Waals surface area contributed by atoms with E-state index in [1.165, 1.54) is 28.4 Å². The van der Waals surface area contributed by atoms with Crippen molar-refractivity contribution < 1.29 is 54.5 Å². The first-order valence-electron chi connectivity index (χ1n) is 14.1. The van der Waals surface area contributed by atoms with Crippen molar-refractivity contribution in [3.63, 3.8) is 0 Å². The van der Waals surface area contributed by atoms with Gasteiger partial charge in [0.1, 0.15) is 11.5 Å². The van der Waals surface area contributed by atoms with E-state index in [1.807, 2.05) is 32.0 Å². The van der Waals surface area contributed by atoms with Crippen LogP contribution in [0.25, 0.3) is 16.7 Å². The highest BCUT2D eigenvalue weighted by molar-refractivity contribution is 7.72. The molecule has 2 rings (SSSR count). The van der Waals surface area contributed by atoms with Crippen molar-refractivity contribution in [2.24, 2.45) is 0 Å². The summed E-state index contributed by atoms with van der Waals surface area (Å²) in [5.74, 6) is -1.33. The van der Waals surface area contributed by atoms with Gasteiger partial charge in [-0.3, -0.25) is 9.13 Å². The lowest BCUT2D eigenvalue weighted by molar-refractivity contribution is 0.272. The van der Waals surface area contributed by atoms with Gasteiger partial charge in [0.2, 0.25) is 0 Å². The Morgan fingerprint density at radius 1 is 0.689 bits per heavy atom. The van der Waals surface area contributed by atoms with Gasteiger partial charge in [0, 0.05) is 42.7 Å². The van der Waals surface area contributed by atoms with Gasteiger partial charge in [-0.2, -0.15) is 0 Å². The van der Waals surface area contributed by atoms with E-state index in [2.05, 4.69) is 13.5 Å². The molecule has 0 radical (unpaired) electrons. The minimum absolute atomic E-state index is 0.0281. The predicted molar refractivity (Wildman–Crippen MR) is 178 cm³/mol. The van der Waals surface area contributed by atoms with Crippen LogP contribution in [0.3, 0.4) is 0 Å². The quantitative estimate of drug-likeness (QED) is 0.0953. The van der Waals surface area contributed by atoms with E-state index >= 15 is 0 Å². The Labute approximate surface area is 267 Å². The molecule has 2 aromatic carbocycles. The summed E-state index contributed by atoms with van der Waals surface area (Å²) in [6.07, 6.45) is 3.24. The van der Waals surface area contributed by atoms with Crippen LogP contribution < -0.4 is 9.05 Å². The van der Waals surface area contributed by atoms with E-state index in [0.717, 1.165) is 39.0 Å². The highest BCUT2D eigenvalue weighted by Crippen LogP contribution is 2.66. The Morgan fingerprint density at radius 2 is 1.13 bits per heavy atom. The van der Waals surface area contributed by atoms with Crippen LogP contribution in [0.2, 0.25) is 0 Å². The van der Waals surface area contributed by atoms with Crippen LogP contribution in [-0.2, 0) is 51.8 Å². The van der Waals surface area contributed by atoms with Crippen molar-refractivity contribution in [3.8, 4) is 22.6 Å². The van der Waals surface area contributed by atoms with E-state index in [9.17, 15) is 18.3 Å². The maximum absolute atomic E-state index is 14.1. The monoisotopic (exact) mass is 710 g/mol. The first-order valence-corrected chi connectivity index (χ1v) is 21.0. The summed E-state index contributed by atoms with van der Waals surface area (Å²) in [6.45, 7) is 9.88. The van der Waals surface area contributed by atoms with Crippen LogP contribution in [0.15, 0.2) is 36.9 Å². The van der Waals surface area contributed by atoms with E-state index in [1.54, 1.807) is 12.1 Å². The minimum atomic E-state index is -4.22. The molecule has 0 heterocycles. The number of hydrogen-bond donors (Lipinski definition) is 0. The molecule has 0 fully saturated rings. The summed E-state index contributed by atoms with van der Waals surface area (Å²) in [4.78, 5) is 0. The summed E-state index contributed by atoms with van der Waals surface area (Å²) in [7, 11) is -9.19. The second-order valence-corrected chi connectivity index (χ2v) is 20.0. The lowest BCUT2D eigenvalue weighted by atomic mass is 9.91. The molecular formula is C29H46O12P4. The van der Waals surface area contributed by atoms with Gasteiger partial charge in [-0.05, 0) is 55.5 Å². The molecule has 0 bridgehead atoms. The summed E-state index contributed by atoms with van der Waals surface area (Å²) in [5.41, 5.74) is 3.70. The van der Waals surface area contributed by atoms with Crippen LogP contribution in [-0.4, -0.2) is 54.5 Å². The molecule has 45 heavy (non-hydrogen) atoms. The smallest absolute Gasteiger partial charge is 0.391 e. The number of allylic oxidation sites excluding steroid dienone is 1. The van der Waals surface area contributed by atoms with Gasteiger partial charge in [0.15, 0.2) is 11.8 Å². The molecule has 12 nitrogen and oxygen atoms in total. The van der Waals surface area contributed by atoms with Gasteiger partial charge in [0.05, 0.1) is 5.56 Å². The van der Waals surface area contributed by atoms with Crippen molar-refractivity contribution >= 4 is 36.0 Å². The Kier molecular flexibility index (Phi) is 15.0. The highest BCUT2D eigenvalue weighted by Gasteiger charge is 2.41. The molecule has 0 aliphatic carbocycles. The van der Waals surface area contributed by atoms with Crippen molar-refractivity contribution in [1.29, 1.82) is 0 Å². The van der Waals surface area contributed by atoms with Gasteiger partial charge in [-0.25, -0.2) is 9.13 Å². The average molecular weight is 711 g/mol. The summed E-state index contributed by atoms with van der Waals surface area (Å²) in [6, 6.07) is 8.97. The van der Waals surface area contributed by atoms with Gasteiger partial charge in [-0.15, -0.1) is 0 Å². The Balaban J connectivity index is 3.01. The predicted octanol–water partition coefficient (Wildman–Crippen LogP) is 9.75. The van der Waals surface area contributed by atoms with Crippen LogP contribution in [0, 0.1) is 6.92 Å². The average Bonchev–Trinajstić information content (AvgIpc) is 3.00. The van der Waals surface area contributed by atoms with Crippen molar-refractivity contribution in [1.82, 2.24) is 0 Å². The molecule has 0 saturated carbocycles. The zero-order chi connectivity index (χ0) is 34.1. The molecule has 0 aliphatic rings. The zero-order valence-corrected chi connectivity index (χ0v) is 31.1. The molecule has 0 aliphatic heterocycles. The van der Waals surface area contributed by atoms with Crippen LogP contribution in [0.4, 0.5) is 0 Å². The molecule has 2 atom stereocenters. The van der Waals surface area contributed by atoms with Crippen LogP contribution in [0.5, 0.6) is 11.5 Å².